The highest BCUT2D eigenvalue weighted by molar-refractivity contribution is 5.76. The number of nitrogens with one attached hydrogen (secondary N) is 5. The van der Waals surface area contributed by atoms with Crippen molar-refractivity contribution in [1.82, 2.24) is 0 Å². The van der Waals surface area contributed by atoms with Crippen LogP contribution >= 0.6 is 0 Å². The number of anilines is 5. The molecule has 0 aliphatic carbocycles. The van der Waals surface area contributed by atoms with Crippen molar-refractivity contribution in [2.75, 3.05) is 26.6 Å². The fraction of sp³-hybridized carbons (Fsp3) is 0.588. The van der Waals surface area contributed by atoms with E-state index in [4.69, 9.17) is 33.2 Å². The van der Waals surface area contributed by atoms with E-state index in [-0.39, 0.29) is 63.4 Å². The zero-order valence-corrected chi connectivity index (χ0v) is 69.0. The zero-order chi connectivity index (χ0) is 80.0. The molecule has 1 fully saturated rings. The van der Waals surface area contributed by atoms with Gasteiger partial charge in [0, 0.05) is 50.4 Å². The molecule has 0 saturated carbocycles. The first-order valence-electron chi connectivity index (χ1n) is 36.0. The predicted molar refractivity (Wildman–Crippen MR) is 425 cm³/mol. The van der Waals surface area contributed by atoms with E-state index >= 15 is 0 Å². The van der Waals surface area contributed by atoms with E-state index < -0.39 is 52.7 Å². The minimum absolute atomic E-state index is 0.0419. The molecule has 19 nitrogen and oxygen atoms in total. The molecule has 5 atom stereocenters. The molecule has 5 unspecified atom stereocenters. The Morgan fingerprint density at radius 1 is 0.365 bits per heavy atom. The van der Waals surface area contributed by atoms with Crippen LogP contribution in [0.25, 0.3) is 0 Å². The van der Waals surface area contributed by atoms with E-state index in [1.807, 2.05) is 111 Å². The van der Waals surface area contributed by atoms with Gasteiger partial charge in [-0.1, -0.05) is 61.2 Å². The fourth-order valence-corrected chi connectivity index (χ4v) is 8.78. The number of ether oxygens (including phenoxy) is 7. The first-order valence-corrected chi connectivity index (χ1v) is 36.0. The maximum Gasteiger partial charge on any atom is 0.311 e. The summed E-state index contributed by atoms with van der Waals surface area (Å²) in [6.07, 6.45) is -7.46. The number of rotatable bonds is 18. The van der Waals surface area contributed by atoms with Crippen molar-refractivity contribution >= 4 is 46.3 Å². The maximum atomic E-state index is 12.1. The van der Waals surface area contributed by atoms with Gasteiger partial charge in [0.05, 0.1) is 46.3 Å². The highest BCUT2D eigenvalue weighted by Gasteiger charge is 2.46. The van der Waals surface area contributed by atoms with E-state index in [0.717, 1.165) is 33.9 Å². The Hall–Kier alpha value is -7.39. The van der Waals surface area contributed by atoms with Crippen molar-refractivity contribution in [2.45, 2.75) is 310 Å². The van der Waals surface area contributed by atoms with Crippen LogP contribution in [-0.2, 0) is 75.8 Å². The summed E-state index contributed by atoms with van der Waals surface area (Å²) in [5, 5.41) is 57.0. The average molecular weight is 1450 g/mol. The van der Waals surface area contributed by atoms with Gasteiger partial charge in [0.1, 0.15) is 55.7 Å². The lowest BCUT2D eigenvalue weighted by Crippen LogP contribution is -2.59. The highest BCUT2D eigenvalue weighted by Crippen LogP contribution is 2.34. The summed E-state index contributed by atoms with van der Waals surface area (Å²) in [6, 6.07) is 37.8. The Bertz CT molecular complexity index is 3230. The smallest absolute Gasteiger partial charge is 0.311 e. The Labute approximate surface area is 625 Å². The monoisotopic (exact) mass is 1450 g/mol. The Morgan fingerprint density at radius 3 is 0.875 bits per heavy atom. The van der Waals surface area contributed by atoms with Gasteiger partial charge in [-0.3, -0.25) is 14.4 Å². The van der Waals surface area contributed by atoms with Gasteiger partial charge >= 0.3 is 17.9 Å². The van der Waals surface area contributed by atoms with Crippen LogP contribution < -0.4 is 31.3 Å². The number of hydrogen-bond acceptors (Lipinski definition) is 19. The molecular weight excluding hydrogens is 1310 g/mol. The minimum Gasteiger partial charge on any atom is -0.510 e. The van der Waals surface area contributed by atoms with Crippen LogP contribution in [0.15, 0.2) is 128 Å². The van der Waals surface area contributed by atoms with Crippen LogP contribution in [-0.4, -0.2) is 108 Å². The number of hydrogen-bond donors (Lipinski definition) is 9. The molecule has 0 spiro atoms. The van der Waals surface area contributed by atoms with E-state index in [2.05, 4.69) is 206 Å². The topological polar surface area (TPSA) is 257 Å². The molecule has 1 aliphatic heterocycles. The SMILES string of the molecule is C=C(O)C1OC(Oc2ccc(COC(=O)C(C)(C)C)cc2NC(C)(C)C)C(O)C(O)C1O.CC(C)(C)Nc1ccc(COC(=O)C(C)(C)C)cc1.CC(C)(C)Nc1ccc(COC(=O)C(C)(C)C)cc1.CC(C)(C)Nc1ccc(COC(C)(C)C)cc1.CC(C)(C)Nc1ccc(COC(C)(C)C)cc1. The third kappa shape index (κ3) is 40.2. The van der Waals surface area contributed by atoms with Crippen LogP contribution in [0, 0.1) is 16.2 Å². The summed E-state index contributed by atoms with van der Waals surface area (Å²) in [6.45, 7) is 65.7. The van der Waals surface area contributed by atoms with Crippen LogP contribution in [0.5, 0.6) is 5.75 Å². The summed E-state index contributed by atoms with van der Waals surface area (Å²) in [4.78, 5) is 35.4. The number of aliphatic hydroxyl groups is 4. The Morgan fingerprint density at radius 2 is 0.625 bits per heavy atom. The Kier molecular flexibility index (Phi) is 34.5. The number of aliphatic hydroxyl groups excluding tert-OH is 4. The summed E-state index contributed by atoms with van der Waals surface area (Å²) in [7, 11) is 0. The van der Waals surface area contributed by atoms with Crippen molar-refractivity contribution in [3.8, 4) is 5.75 Å². The normalized spacial score (nSPS) is 16.6. The van der Waals surface area contributed by atoms with E-state index in [0.29, 0.717) is 43.4 Å². The summed E-state index contributed by atoms with van der Waals surface area (Å²) in [5.74, 6) is -0.889. The summed E-state index contributed by atoms with van der Waals surface area (Å²) < 4.78 is 38.7. The molecule has 0 aromatic heterocycles. The fourth-order valence-electron chi connectivity index (χ4n) is 8.78. The van der Waals surface area contributed by atoms with Crippen molar-refractivity contribution in [1.29, 1.82) is 0 Å². The number of esters is 3. The lowest BCUT2D eigenvalue weighted by atomic mass is 9.97. The van der Waals surface area contributed by atoms with Gasteiger partial charge in [-0.05, 0) is 296 Å². The molecule has 5 aromatic rings. The van der Waals surface area contributed by atoms with Crippen molar-refractivity contribution in [2.24, 2.45) is 16.2 Å². The van der Waals surface area contributed by atoms with E-state index in [9.17, 15) is 34.8 Å². The number of carbonyl (C=O) groups excluding carboxylic acids is 3. The highest BCUT2D eigenvalue weighted by atomic mass is 16.7. The van der Waals surface area contributed by atoms with Crippen molar-refractivity contribution < 1.29 is 68.0 Å². The molecular formula is C85H135N5O14. The molecule has 0 amide bonds. The first kappa shape index (κ1) is 92.7. The predicted octanol–water partition coefficient (Wildman–Crippen LogP) is 18.6. The van der Waals surface area contributed by atoms with Gasteiger partial charge in [-0.2, -0.15) is 0 Å². The minimum atomic E-state index is -1.61. The largest absolute Gasteiger partial charge is 0.510 e. The lowest BCUT2D eigenvalue weighted by Gasteiger charge is -2.40. The van der Waals surface area contributed by atoms with E-state index in [1.54, 1.807) is 39.0 Å². The molecule has 0 radical (unpaired) electrons. The van der Waals surface area contributed by atoms with E-state index in [1.165, 1.54) is 11.1 Å². The third-order valence-corrected chi connectivity index (χ3v) is 13.9. The standard InChI is InChI=1S/C23H35NO8.2C16H25NO2.2C15H25NO/c1-12(25)19-17(27)16(26)18(28)20(32-19)31-15-9-8-13(10-14(15)24-23(5,6)7)11-30-21(29)22(2,3)4;2*1-15(2,3)14(18)19-11-12-7-9-13(10-8-12)17-16(4,5)6;2*1-14(2,3)16-13-9-7-12(8-10-13)11-17-15(4,5)6/h8-10,16-20,24-28H,1,11H2,2-7H3;2*7-10,17H,11H2,1-6H3;2*7-10,16H,11H2,1-6H3. The molecule has 6 rings (SSSR count). The van der Waals surface area contributed by atoms with Gasteiger partial charge in [-0.15, -0.1) is 0 Å². The quantitative estimate of drug-likeness (QED) is 0.0224. The molecule has 1 aliphatic rings. The molecule has 9 N–H and O–H groups in total. The number of carbonyl (C=O) groups is 3. The maximum absolute atomic E-state index is 12.1. The zero-order valence-electron chi connectivity index (χ0n) is 69.0. The molecule has 584 valence electrons. The summed E-state index contributed by atoms with van der Waals surface area (Å²) in [5.41, 5.74) is 8.34. The molecule has 1 saturated heterocycles. The second-order valence-electron chi connectivity index (χ2n) is 36.8. The molecule has 0 bridgehead atoms. The molecule has 5 aromatic carbocycles. The van der Waals surface area contributed by atoms with Crippen LogP contribution in [0.2, 0.25) is 0 Å². The van der Waals surface area contributed by atoms with Crippen LogP contribution in [0.1, 0.15) is 236 Å². The van der Waals surface area contributed by atoms with Gasteiger partial charge in [0.25, 0.3) is 0 Å². The molecule has 19 heteroatoms. The summed E-state index contributed by atoms with van der Waals surface area (Å²) >= 11 is 0. The third-order valence-electron chi connectivity index (χ3n) is 13.9. The second kappa shape index (κ2) is 38.8. The molecule has 1 heterocycles. The second-order valence-corrected chi connectivity index (χ2v) is 36.8. The van der Waals surface area contributed by atoms with Gasteiger partial charge < -0.3 is 80.2 Å². The van der Waals surface area contributed by atoms with Gasteiger partial charge in [0.15, 0.2) is 0 Å². The van der Waals surface area contributed by atoms with Crippen LogP contribution in [0.4, 0.5) is 28.4 Å². The molecule has 104 heavy (non-hydrogen) atoms. The first-order chi connectivity index (χ1) is 47.1. The number of benzene rings is 5. The van der Waals surface area contributed by atoms with Crippen molar-refractivity contribution in [3.63, 3.8) is 0 Å². The van der Waals surface area contributed by atoms with Crippen LogP contribution in [0.3, 0.4) is 0 Å². The van der Waals surface area contributed by atoms with Gasteiger partial charge in [-0.25, -0.2) is 0 Å². The average Bonchev–Trinajstić information content (AvgIpc) is 0.794. The Balaban J connectivity index is 0.000000454. The van der Waals surface area contributed by atoms with Gasteiger partial charge in [0.2, 0.25) is 6.29 Å². The van der Waals surface area contributed by atoms with Crippen molar-refractivity contribution in [3.05, 3.63) is 155 Å². The lowest BCUT2D eigenvalue weighted by molar-refractivity contribution is -0.268.